The highest BCUT2D eigenvalue weighted by Crippen LogP contribution is 2.24. The minimum atomic E-state index is 0.315. The number of hydrogen-bond acceptors (Lipinski definition) is 2. The van der Waals surface area contributed by atoms with E-state index in [0.29, 0.717) is 6.04 Å². The fraction of sp³-hybridized carbons (Fsp3) is 0.625. The molecule has 0 amide bonds. The van der Waals surface area contributed by atoms with Gasteiger partial charge in [-0.1, -0.05) is 49.6 Å². The van der Waals surface area contributed by atoms with Crippen molar-refractivity contribution in [3.63, 3.8) is 0 Å². The van der Waals surface area contributed by atoms with Crippen LogP contribution in [0.5, 0.6) is 0 Å². The molecule has 1 unspecified atom stereocenters. The maximum Gasteiger partial charge on any atom is 0.0661 e. The molecule has 1 fully saturated rings. The van der Waals surface area contributed by atoms with E-state index in [0.717, 1.165) is 19.1 Å². The smallest absolute Gasteiger partial charge is 0.0661 e. The first-order valence-electron chi connectivity index (χ1n) is 7.20. The molecule has 1 saturated carbocycles. The lowest BCUT2D eigenvalue weighted by molar-refractivity contribution is 0.0707. The van der Waals surface area contributed by atoms with Gasteiger partial charge in [-0.25, -0.2) is 0 Å². The molecule has 100 valence electrons. The van der Waals surface area contributed by atoms with Crippen molar-refractivity contribution in [3.05, 3.63) is 35.9 Å². The molecule has 0 aromatic heterocycles. The quantitative estimate of drug-likeness (QED) is 0.830. The molecule has 0 aliphatic heterocycles. The summed E-state index contributed by atoms with van der Waals surface area (Å²) in [6.07, 6.45) is 6.91. The molecule has 0 radical (unpaired) electrons. The zero-order valence-electron chi connectivity index (χ0n) is 11.4. The summed E-state index contributed by atoms with van der Waals surface area (Å²) in [5.74, 6) is 0.798. The van der Waals surface area contributed by atoms with Gasteiger partial charge in [-0.15, -0.1) is 0 Å². The van der Waals surface area contributed by atoms with Gasteiger partial charge in [0.15, 0.2) is 0 Å². The Balaban J connectivity index is 1.73. The van der Waals surface area contributed by atoms with Gasteiger partial charge in [0.05, 0.1) is 12.6 Å². The summed E-state index contributed by atoms with van der Waals surface area (Å²) in [5.41, 5.74) is 1.31. The SMILES string of the molecule is CNC(COCC1CCCCC1)c1ccccc1. The highest BCUT2D eigenvalue weighted by Gasteiger charge is 2.15. The van der Waals surface area contributed by atoms with Crippen LogP contribution in [0.15, 0.2) is 30.3 Å². The molecule has 1 aromatic rings. The van der Waals surface area contributed by atoms with Crippen molar-refractivity contribution in [2.75, 3.05) is 20.3 Å². The Hall–Kier alpha value is -0.860. The Morgan fingerprint density at radius 2 is 1.89 bits per heavy atom. The average Bonchev–Trinajstić information content (AvgIpc) is 2.46. The molecular weight excluding hydrogens is 222 g/mol. The van der Waals surface area contributed by atoms with Crippen LogP contribution in [-0.4, -0.2) is 20.3 Å². The van der Waals surface area contributed by atoms with Crippen molar-refractivity contribution in [2.45, 2.75) is 38.1 Å². The number of hydrogen-bond donors (Lipinski definition) is 1. The Kier molecular flexibility index (Phi) is 5.69. The van der Waals surface area contributed by atoms with Crippen LogP contribution in [0.2, 0.25) is 0 Å². The van der Waals surface area contributed by atoms with E-state index in [9.17, 15) is 0 Å². The van der Waals surface area contributed by atoms with E-state index >= 15 is 0 Å². The van der Waals surface area contributed by atoms with Gasteiger partial charge >= 0.3 is 0 Å². The van der Waals surface area contributed by atoms with Crippen LogP contribution in [0.1, 0.15) is 43.7 Å². The second-order valence-electron chi connectivity index (χ2n) is 5.29. The van der Waals surface area contributed by atoms with Crippen molar-refractivity contribution < 1.29 is 4.74 Å². The molecule has 1 atom stereocenters. The molecule has 0 bridgehead atoms. The first kappa shape index (κ1) is 13.6. The molecule has 0 spiro atoms. The molecule has 2 nitrogen and oxygen atoms in total. The summed E-state index contributed by atoms with van der Waals surface area (Å²) < 4.78 is 5.92. The maximum atomic E-state index is 5.92. The van der Waals surface area contributed by atoms with Gasteiger partial charge in [0.2, 0.25) is 0 Å². The van der Waals surface area contributed by atoms with Gasteiger partial charge in [-0.2, -0.15) is 0 Å². The van der Waals surface area contributed by atoms with Crippen molar-refractivity contribution in [1.82, 2.24) is 5.32 Å². The third-order valence-corrected chi connectivity index (χ3v) is 3.91. The van der Waals surface area contributed by atoms with Crippen molar-refractivity contribution >= 4 is 0 Å². The third kappa shape index (κ3) is 4.11. The van der Waals surface area contributed by atoms with E-state index in [-0.39, 0.29) is 0 Å². The van der Waals surface area contributed by atoms with Crippen LogP contribution in [0.25, 0.3) is 0 Å². The van der Waals surface area contributed by atoms with E-state index < -0.39 is 0 Å². The van der Waals surface area contributed by atoms with Gasteiger partial charge in [0.25, 0.3) is 0 Å². The number of likely N-dealkylation sites (N-methyl/N-ethyl adjacent to an activating group) is 1. The van der Waals surface area contributed by atoms with Crippen LogP contribution in [0.3, 0.4) is 0 Å². The van der Waals surface area contributed by atoms with E-state index in [1.807, 2.05) is 7.05 Å². The fourth-order valence-corrected chi connectivity index (χ4v) is 2.74. The predicted octanol–water partition coefficient (Wildman–Crippen LogP) is 3.54. The van der Waals surface area contributed by atoms with Crippen molar-refractivity contribution in [2.24, 2.45) is 5.92 Å². The molecule has 0 saturated heterocycles. The van der Waals surface area contributed by atoms with E-state index in [1.54, 1.807) is 0 Å². The summed E-state index contributed by atoms with van der Waals surface area (Å²) in [6, 6.07) is 10.9. The highest BCUT2D eigenvalue weighted by atomic mass is 16.5. The summed E-state index contributed by atoms with van der Waals surface area (Å²) in [4.78, 5) is 0. The third-order valence-electron chi connectivity index (χ3n) is 3.91. The summed E-state index contributed by atoms with van der Waals surface area (Å²) in [6.45, 7) is 1.71. The summed E-state index contributed by atoms with van der Waals surface area (Å²) >= 11 is 0. The second kappa shape index (κ2) is 7.55. The largest absolute Gasteiger partial charge is 0.379 e. The Morgan fingerprint density at radius 1 is 1.17 bits per heavy atom. The molecule has 18 heavy (non-hydrogen) atoms. The first-order valence-corrected chi connectivity index (χ1v) is 7.20. The average molecular weight is 247 g/mol. The topological polar surface area (TPSA) is 21.3 Å². The molecule has 0 heterocycles. The van der Waals surface area contributed by atoms with E-state index in [4.69, 9.17) is 4.74 Å². The predicted molar refractivity (Wildman–Crippen MR) is 75.6 cm³/mol. The van der Waals surface area contributed by atoms with Gasteiger partial charge in [-0.05, 0) is 31.4 Å². The standard InChI is InChI=1S/C16H25NO/c1-17-16(15-10-6-3-7-11-15)13-18-12-14-8-4-2-5-9-14/h3,6-7,10-11,14,16-17H,2,4-5,8-9,12-13H2,1H3. The summed E-state index contributed by atoms with van der Waals surface area (Å²) in [7, 11) is 2.00. The number of ether oxygens (including phenoxy) is 1. The lowest BCUT2D eigenvalue weighted by Crippen LogP contribution is -2.23. The van der Waals surface area contributed by atoms with E-state index in [1.165, 1.54) is 37.7 Å². The number of benzene rings is 1. The lowest BCUT2D eigenvalue weighted by Gasteiger charge is -2.23. The van der Waals surface area contributed by atoms with Gasteiger partial charge in [0.1, 0.15) is 0 Å². The lowest BCUT2D eigenvalue weighted by atomic mass is 9.90. The molecule has 2 heteroatoms. The molecule has 2 rings (SSSR count). The zero-order valence-corrected chi connectivity index (χ0v) is 11.4. The Bertz CT molecular complexity index is 319. The number of rotatable bonds is 6. The van der Waals surface area contributed by atoms with Crippen molar-refractivity contribution in [1.29, 1.82) is 0 Å². The van der Waals surface area contributed by atoms with E-state index in [2.05, 4.69) is 35.6 Å². The zero-order chi connectivity index (χ0) is 12.6. The molecule has 1 aliphatic carbocycles. The fourth-order valence-electron chi connectivity index (χ4n) is 2.74. The molecular formula is C16H25NO. The van der Waals surface area contributed by atoms with Crippen LogP contribution >= 0.6 is 0 Å². The maximum absolute atomic E-state index is 5.92. The van der Waals surface area contributed by atoms with Gasteiger partial charge in [-0.3, -0.25) is 0 Å². The van der Waals surface area contributed by atoms with Crippen LogP contribution in [0, 0.1) is 5.92 Å². The van der Waals surface area contributed by atoms with Gasteiger partial charge in [0, 0.05) is 6.61 Å². The van der Waals surface area contributed by atoms with Gasteiger partial charge < -0.3 is 10.1 Å². The van der Waals surface area contributed by atoms with Crippen LogP contribution in [0.4, 0.5) is 0 Å². The molecule has 1 aromatic carbocycles. The monoisotopic (exact) mass is 247 g/mol. The second-order valence-corrected chi connectivity index (χ2v) is 5.29. The van der Waals surface area contributed by atoms with Crippen LogP contribution < -0.4 is 5.32 Å². The highest BCUT2D eigenvalue weighted by molar-refractivity contribution is 5.18. The van der Waals surface area contributed by atoms with Crippen LogP contribution in [-0.2, 0) is 4.74 Å². The molecule has 1 N–H and O–H groups in total. The number of nitrogens with one attached hydrogen (secondary N) is 1. The minimum absolute atomic E-state index is 0.315. The Morgan fingerprint density at radius 3 is 2.56 bits per heavy atom. The van der Waals surface area contributed by atoms with Crippen molar-refractivity contribution in [3.8, 4) is 0 Å². The Labute approximate surface area is 111 Å². The normalized spacial score (nSPS) is 18.7. The summed E-state index contributed by atoms with van der Waals surface area (Å²) in [5, 5.41) is 3.33. The first-order chi connectivity index (χ1) is 8.90. The molecule has 1 aliphatic rings. The minimum Gasteiger partial charge on any atom is -0.379 e.